The quantitative estimate of drug-likeness (QED) is 0.788. The molecule has 7 heteroatoms. The minimum Gasteiger partial charge on any atom is -0.491 e. The van der Waals surface area contributed by atoms with Gasteiger partial charge in [0.05, 0.1) is 18.0 Å². The standard InChI is InChI=1S/C13H17FN4O2/c1-3-19-12-7-11(10(15)6-9(12)14)16-5-4-13-17-8(2)18-20-13/h6-7,16H,3-5,15H2,1-2H3. The van der Waals surface area contributed by atoms with Crippen LogP contribution in [0.5, 0.6) is 5.75 Å². The maximum absolute atomic E-state index is 13.5. The van der Waals surface area contributed by atoms with Gasteiger partial charge in [-0.2, -0.15) is 4.98 Å². The van der Waals surface area contributed by atoms with Gasteiger partial charge in [0.25, 0.3) is 0 Å². The summed E-state index contributed by atoms with van der Waals surface area (Å²) in [5.41, 5.74) is 6.70. The molecule has 0 fully saturated rings. The van der Waals surface area contributed by atoms with Gasteiger partial charge in [-0.25, -0.2) is 4.39 Å². The summed E-state index contributed by atoms with van der Waals surface area (Å²) in [7, 11) is 0. The number of nitrogens with one attached hydrogen (secondary N) is 1. The number of rotatable bonds is 6. The predicted octanol–water partition coefficient (Wildman–Crippen LogP) is 2.15. The van der Waals surface area contributed by atoms with E-state index in [1.165, 1.54) is 6.07 Å². The Bertz CT molecular complexity index is 586. The summed E-state index contributed by atoms with van der Waals surface area (Å²) in [4.78, 5) is 4.09. The Balaban J connectivity index is 1.99. The third-order valence-electron chi connectivity index (χ3n) is 2.63. The number of nitrogens with two attached hydrogens (primary N) is 1. The van der Waals surface area contributed by atoms with E-state index in [1.54, 1.807) is 19.9 Å². The van der Waals surface area contributed by atoms with E-state index in [-0.39, 0.29) is 5.75 Å². The van der Waals surface area contributed by atoms with Crippen molar-refractivity contribution in [1.29, 1.82) is 0 Å². The molecule has 0 aliphatic carbocycles. The highest BCUT2D eigenvalue weighted by molar-refractivity contribution is 5.68. The van der Waals surface area contributed by atoms with E-state index in [1.807, 2.05) is 0 Å². The smallest absolute Gasteiger partial charge is 0.228 e. The van der Waals surface area contributed by atoms with Crippen LogP contribution in [0, 0.1) is 12.7 Å². The lowest BCUT2D eigenvalue weighted by Gasteiger charge is -2.12. The number of nitrogens with zero attached hydrogens (tertiary/aromatic N) is 2. The first kappa shape index (κ1) is 14.1. The van der Waals surface area contributed by atoms with Gasteiger partial charge in [-0.05, 0) is 13.8 Å². The summed E-state index contributed by atoms with van der Waals surface area (Å²) in [6.07, 6.45) is 0.557. The zero-order valence-electron chi connectivity index (χ0n) is 11.4. The molecular formula is C13H17FN4O2. The molecule has 0 aliphatic rings. The molecule has 0 atom stereocenters. The van der Waals surface area contributed by atoms with Gasteiger partial charge in [0.15, 0.2) is 17.4 Å². The molecule has 3 N–H and O–H groups in total. The molecule has 0 bridgehead atoms. The molecule has 0 aliphatic heterocycles. The first-order valence-electron chi connectivity index (χ1n) is 6.35. The maximum atomic E-state index is 13.5. The Morgan fingerprint density at radius 2 is 2.25 bits per heavy atom. The van der Waals surface area contributed by atoms with Crippen LogP contribution in [0.25, 0.3) is 0 Å². The lowest BCUT2D eigenvalue weighted by molar-refractivity contribution is 0.322. The molecule has 108 valence electrons. The van der Waals surface area contributed by atoms with Gasteiger partial charge in [0.1, 0.15) is 0 Å². The second-order valence-electron chi connectivity index (χ2n) is 4.21. The zero-order chi connectivity index (χ0) is 14.5. The fraction of sp³-hybridized carbons (Fsp3) is 0.385. The second-order valence-corrected chi connectivity index (χ2v) is 4.21. The Labute approximate surface area is 116 Å². The molecule has 0 saturated heterocycles. The first-order valence-corrected chi connectivity index (χ1v) is 6.35. The van der Waals surface area contributed by atoms with Crippen LogP contribution in [0.1, 0.15) is 18.6 Å². The van der Waals surface area contributed by atoms with E-state index in [9.17, 15) is 4.39 Å². The molecule has 0 radical (unpaired) electrons. The lowest BCUT2D eigenvalue weighted by atomic mass is 10.2. The summed E-state index contributed by atoms with van der Waals surface area (Å²) in [6.45, 7) is 4.48. The maximum Gasteiger partial charge on any atom is 0.228 e. The van der Waals surface area contributed by atoms with Crippen LogP contribution in [0.15, 0.2) is 16.7 Å². The van der Waals surface area contributed by atoms with E-state index in [4.69, 9.17) is 15.0 Å². The first-order chi connectivity index (χ1) is 9.60. The number of ether oxygens (including phenoxy) is 1. The van der Waals surface area contributed by atoms with Crippen LogP contribution in [0.2, 0.25) is 0 Å². The summed E-state index contributed by atoms with van der Waals surface area (Å²) in [5, 5.41) is 6.80. The zero-order valence-corrected chi connectivity index (χ0v) is 11.4. The van der Waals surface area contributed by atoms with Gasteiger partial charge >= 0.3 is 0 Å². The Morgan fingerprint density at radius 1 is 1.45 bits per heavy atom. The van der Waals surface area contributed by atoms with Crippen LogP contribution in [-0.2, 0) is 6.42 Å². The Hall–Kier alpha value is -2.31. The minimum absolute atomic E-state index is 0.179. The van der Waals surface area contributed by atoms with E-state index < -0.39 is 5.82 Å². The topological polar surface area (TPSA) is 86.2 Å². The predicted molar refractivity (Wildman–Crippen MR) is 73.2 cm³/mol. The number of anilines is 2. The van der Waals surface area contributed by atoms with Gasteiger partial charge in [-0.3, -0.25) is 0 Å². The highest BCUT2D eigenvalue weighted by Crippen LogP contribution is 2.28. The molecule has 1 aromatic carbocycles. The van der Waals surface area contributed by atoms with Crippen molar-refractivity contribution in [3.8, 4) is 5.75 Å². The molecule has 0 amide bonds. The molecule has 1 aromatic heterocycles. The average molecular weight is 280 g/mol. The summed E-state index contributed by atoms with van der Waals surface area (Å²) in [6, 6.07) is 2.79. The largest absolute Gasteiger partial charge is 0.491 e. The van der Waals surface area contributed by atoms with Crippen molar-refractivity contribution in [2.24, 2.45) is 0 Å². The molecular weight excluding hydrogens is 263 g/mol. The van der Waals surface area contributed by atoms with Crippen molar-refractivity contribution in [2.75, 3.05) is 24.2 Å². The number of aryl methyl sites for hydroxylation is 1. The SMILES string of the molecule is CCOc1cc(NCCc2nc(C)no2)c(N)cc1F. The Morgan fingerprint density at radius 3 is 2.90 bits per heavy atom. The Kier molecular flexibility index (Phi) is 4.39. The number of benzene rings is 1. The van der Waals surface area contributed by atoms with E-state index in [0.29, 0.717) is 42.7 Å². The molecule has 2 aromatic rings. The van der Waals surface area contributed by atoms with Gasteiger partial charge in [-0.15, -0.1) is 0 Å². The number of halogens is 1. The third kappa shape index (κ3) is 3.37. The van der Waals surface area contributed by atoms with Crippen molar-refractivity contribution in [2.45, 2.75) is 20.3 Å². The summed E-state index contributed by atoms with van der Waals surface area (Å²) < 4.78 is 23.7. The van der Waals surface area contributed by atoms with Crippen LogP contribution in [0.4, 0.5) is 15.8 Å². The van der Waals surface area contributed by atoms with E-state index in [0.717, 1.165) is 0 Å². The van der Waals surface area contributed by atoms with E-state index in [2.05, 4.69) is 15.5 Å². The molecule has 0 saturated carbocycles. The summed E-state index contributed by atoms with van der Waals surface area (Å²) in [5.74, 6) is 0.848. The number of hydrogen-bond acceptors (Lipinski definition) is 6. The van der Waals surface area contributed by atoms with Crippen molar-refractivity contribution in [3.05, 3.63) is 29.7 Å². The van der Waals surface area contributed by atoms with Gasteiger partial charge < -0.3 is 20.3 Å². The van der Waals surface area contributed by atoms with Crippen LogP contribution < -0.4 is 15.8 Å². The lowest BCUT2D eigenvalue weighted by Crippen LogP contribution is -2.08. The number of aromatic nitrogens is 2. The molecule has 20 heavy (non-hydrogen) atoms. The highest BCUT2D eigenvalue weighted by atomic mass is 19.1. The normalized spacial score (nSPS) is 10.6. The third-order valence-corrected chi connectivity index (χ3v) is 2.63. The molecule has 0 spiro atoms. The van der Waals surface area contributed by atoms with E-state index >= 15 is 0 Å². The second kappa shape index (κ2) is 6.23. The summed E-state index contributed by atoms with van der Waals surface area (Å²) >= 11 is 0. The van der Waals surface area contributed by atoms with Gasteiger partial charge in [0.2, 0.25) is 5.89 Å². The van der Waals surface area contributed by atoms with Gasteiger partial charge in [0, 0.05) is 25.1 Å². The molecule has 1 heterocycles. The van der Waals surface area contributed by atoms with Crippen molar-refractivity contribution in [1.82, 2.24) is 10.1 Å². The minimum atomic E-state index is -0.470. The van der Waals surface area contributed by atoms with Crippen molar-refractivity contribution >= 4 is 11.4 Å². The van der Waals surface area contributed by atoms with Crippen LogP contribution in [-0.4, -0.2) is 23.3 Å². The van der Waals surface area contributed by atoms with Crippen molar-refractivity contribution < 1.29 is 13.7 Å². The van der Waals surface area contributed by atoms with Gasteiger partial charge in [-0.1, -0.05) is 5.16 Å². The number of hydrogen-bond donors (Lipinski definition) is 2. The molecule has 0 unspecified atom stereocenters. The fourth-order valence-electron chi connectivity index (χ4n) is 1.73. The number of nitrogen functional groups attached to an aromatic ring is 1. The monoisotopic (exact) mass is 280 g/mol. The van der Waals surface area contributed by atoms with Crippen molar-refractivity contribution in [3.63, 3.8) is 0 Å². The highest BCUT2D eigenvalue weighted by Gasteiger charge is 2.09. The average Bonchev–Trinajstić information content (AvgIpc) is 2.81. The fourth-order valence-corrected chi connectivity index (χ4v) is 1.73. The van der Waals surface area contributed by atoms with Crippen LogP contribution in [0.3, 0.4) is 0 Å². The molecule has 6 nitrogen and oxygen atoms in total. The molecule has 2 rings (SSSR count). The van der Waals surface area contributed by atoms with Crippen LogP contribution >= 0.6 is 0 Å².